The van der Waals surface area contributed by atoms with Crippen molar-refractivity contribution >= 4 is 17.2 Å². The number of rotatable bonds is 4. The highest BCUT2D eigenvalue weighted by Crippen LogP contribution is 2.29. The monoisotopic (exact) mass is 372 g/mol. The van der Waals surface area contributed by atoms with Crippen molar-refractivity contribution in [2.24, 2.45) is 5.10 Å². The number of carbonyl (C=O) groups excluding carboxylic acids is 1. The lowest BCUT2D eigenvalue weighted by Crippen LogP contribution is -2.31. The van der Waals surface area contributed by atoms with Gasteiger partial charge in [0.05, 0.1) is 11.8 Å². The van der Waals surface area contributed by atoms with Gasteiger partial charge in [0.25, 0.3) is 0 Å². The van der Waals surface area contributed by atoms with E-state index >= 15 is 0 Å². The van der Waals surface area contributed by atoms with Crippen molar-refractivity contribution in [1.29, 1.82) is 0 Å². The molecule has 0 spiro atoms. The number of benzene rings is 2. The van der Waals surface area contributed by atoms with Crippen LogP contribution in [0.25, 0.3) is 5.57 Å². The largest absolute Gasteiger partial charge is 0.273 e. The van der Waals surface area contributed by atoms with Crippen LogP contribution in [0.4, 0.5) is 0 Å². The summed E-state index contributed by atoms with van der Waals surface area (Å²) < 4.78 is 0. The van der Waals surface area contributed by atoms with Crippen LogP contribution in [0, 0.1) is 13.8 Å². The first-order valence-electron chi connectivity index (χ1n) is 9.78. The van der Waals surface area contributed by atoms with Gasteiger partial charge < -0.3 is 0 Å². The third-order valence-electron chi connectivity index (χ3n) is 4.95. The lowest BCUT2D eigenvalue weighted by atomic mass is 9.94. The van der Waals surface area contributed by atoms with Crippen molar-refractivity contribution in [2.45, 2.75) is 53.5 Å². The van der Waals surface area contributed by atoms with Crippen molar-refractivity contribution < 1.29 is 4.79 Å². The molecule has 0 bridgehead atoms. The van der Waals surface area contributed by atoms with Crippen molar-refractivity contribution in [3.05, 3.63) is 82.1 Å². The Kier molecular flexibility index (Phi) is 5.96. The Bertz CT molecular complexity index is 955. The first-order chi connectivity index (χ1) is 13.3. The van der Waals surface area contributed by atoms with E-state index in [9.17, 15) is 4.79 Å². The van der Waals surface area contributed by atoms with E-state index in [-0.39, 0.29) is 11.9 Å². The SMILES string of the molecule is CC(=O)N1N=C(c2ccc(C)cc2)CC1CC(=C=C(C)C)c1ccc(C)cc1. The van der Waals surface area contributed by atoms with Crippen molar-refractivity contribution in [1.82, 2.24) is 5.01 Å². The molecule has 0 radical (unpaired) electrons. The molecule has 0 aliphatic carbocycles. The van der Waals surface area contributed by atoms with Crippen LogP contribution in [0.15, 0.2) is 64.9 Å². The molecule has 0 saturated heterocycles. The minimum atomic E-state index is -0.0208. The van der Waals surface area contributed by atoms with Gasteiger partial charge in [-0.05, 0) is 44.4 Å². The normalized spacial score (nSPS) is 15.8. The lowest BCUT2D eigenvalue weighted by molar-refractivity contribution is -0.130. The van der Waals surface area contributed by atoms with E-state index < -0.39 is 0 Å². The van der Waals surface area contributed by atoms with E-state index in [0.717, 1.165) is 40.8 Å². The highest BCUT2D eigenvalue weighted by molar-refractivity contribution is 6.03. The summed E-state index contributed by atoms with van der Waals surface area (Å²) in [4.78, 5) is 12.3. The average molecular weight is 373 g/mol. The number of aryl methyl sites for hydroxylation is 2. The Labute approximate surface area is 168 Å². The standard InChI is InChI=1S/C25H28N2O/c1-17(2)14-23(21-10-6-18(3)7-11-21)15-24-16-25(26-27(24)20(5)28)22-12-8-19(4)9-13-22/h6-13,24H,15-16H2,1-5H3. The Hall–Kier alpha value is -2.90. The molecular formula is C25H28N2O. The van der Waals surface area contributed by atoms with Crippen LogP contribution in [0.1, 0.15) is 55.9 Å². The maximum absolute atomic E-state index is 12.3. The highest BCUT2D eigenvalue weighted by Gasteiger charge is 2.31. The van der Waals surface area contributed by atoms with E-state index in [0.29, 0.717) is 0 Å². The van der Waals surface area contributed by atoms with Crippen LogP contribution < -0.4 is 0 Å². The van der Waals surface area contributed by atoms with Crippen LogP contribution in [0.5, 0.6) is 0 Å². The average Bonchev–Trinajstić information content (AvgIpc) is 3.06. The Morgan fingerprint density at radius 2 is 1.57 bits per heavy atom. The van der Waals surface area contributed by atoms with E-state index in [1.807, 2.05) is 0 Å². The highest BCUT2D eigenvalue weighted by atomic mass is 16.2. The molecule has 1 aliphatic heterocycles. The second-order valence-corrected chi connectivity index (χ2v) is 7.81. The molecule has 2 aromatic carbocycles. The smallest absolute Gasteiger partial charge is 0.239 e. The second kappa shape index (κ2) is 8.41. The number of amides is 1. The first-order valence-corrected chi connectivity index (χ1v) is 9.78. The predicted octanol–water partition coefficient (Wildman–Crippen LogP) is 5.67. The third kappa shape index (κ3) is 4.68. The molecule has 1 amide bonds. The van der Waals surface area contributed by atoms with Crippen LogP contribution in [0.2, 0.25) is 0 Å². The molecule has 0 fully saturated rings. The van der Waals surface area contributed by atoms with Crippen LogP contribution in [-0.2, 0) is 4.79 Å². The topological polar surface area (TPSA) is 32.7 Å². The molecule has 1 aliphatic rings. The van der Waals surface area contributed by atoms with Gasteiger partial charge >= 0.3 is 0 Å². The van der Waals surface area contributed by atoms with Gasteiger partial charge in [-0.3, -0.25) is 4.79 Å². The zero-order chi connectivity index (χ0) is 20.3. The summed E-state index contributed by atoms with van der Waals surface area (Å²) in [5.41, 5.74) is 11.4. The fraction of sp³-hybridized carbons (Fsp3) is 0.320. The van der Waals surface area contributed by atoms with E-state index in [2.05, 4.69) is 87.1 Å². The van der Waals surface area contributed by atoms with Crippen molar-refractivity contribution in [3.63, 3.8) is 0 Å². The molecule has 3 rings (SSSR count). The molecule has 0 aromatic heterocycles. The van der Waals surface area contributed by atoms with Gasteiger partial charge in [0, 0.05) is 25.3 Å². The molecule has 3 heteroatoms. The number of hydrogen-bond acceptors (Lipinski definition) is 2. The maximum atomic E-state index is 12.3. The molecule has 144 valence electrons. The second-order valence-electron chi connectivity index (χ2n) is 7.81. The number of hydrazone groups is 1. The fourth-order valence-electron chi connectivity index (χ4n) is 3.50. The summed E-state index contributed by atoms with van der Waals surface area (Å²) in [5.74, 6) is -0.0208. The molecule has 0 saturated carbocycles. The third-order valence-corrected chi connectivity index (χ3v) is 4.95. The minimum Gasteiger partial charge on any atom is -0.273 e. The molecule has 1 unspecified atom stereocenters. The summed E-state index contributed by atoms with van der Waals surface area (Å²) in [6.45, 7) is 9.86. The molecule has 28 heavy (non-hydrogen) atoms. The summed E-state index contributed by atoms with van der Waals surface area (Å²) >= 11 is 0. The molecular weight excluding hydrogens is 344 g/mol. The predicted molar refractivity (Wildman–Crippen MR) is 116 cm³/mol. The van der Waals surface area contributed by atoms with Gasteiger partial charge in [0.2, 0.25) is 5.91 Å². The molecule has 1 heterocycles. The summed E-state index contributed by atoms with van der Waals surface area (Å²) in [6.07, 6.45) is 1.48. The van der Waals surface area contributed by atoms with Gasteiger partial charge in [-0.1, -0.05) is 59.7 Å². The van der Waals surface area contributed by atoms with Crippen LogP contribution >= 0.6 is 0 Å². The summed E-state index contributed by atoms with van der Waals surface area (Å²) in [6, 6.07) is 16.9. The Balaban J connectivity index is 1.90. The molecule has 1 atom stereocenters. The summed E-state index contributed by atoms with van der Waals surface area (Å²) in [5, 5.41) is 6.31. The zero-order valence-corrected chi connectivity index (χ0v) is 17.4. The van der Waals surface area contributed by atoms with Crippen molar-refractivity contribution in [3.8, 4) is 0 Å². The van der Waals surface area contributed by atoms with Gasteiger partial charge in [-0.25, -0.2) is 5.01 Å². The van der Waals surface area contributed by atoms with Gasteiger partial charge in [0.1, 0.15) is 0 Å². The zero-order valence-electron chi connectivity index (χ0n) is 17.4. The Morgan fingerprint density at radius 1 is 1.00 bits per heavy atom. The quantitative estimate of drug-likeness (QED) is 0.637. The molecule has 0 N–H and O–H groups in total. The Morgan fingerprint density at radius 3 is 2.11 bits per heavy atom. The molecule has 2 aromatic rings. The summed E-state index contributed by atoms with van der Waals surface area (Å²) in [7, 11) is 0. The number of carbonyl (C=O) groups is 1. The van der Waals surface area contributed by atoms with Gasteiger partial charge in [-0.2, -0.15) is 5.10 Å². The molecule has 3 nitrogen and oxygen atoms in total. The van der Waals surface area contributed by atoms with E-state index in [4.69, 9.17) is 0 Å². The fourth-order valence-corrected chi connectivity index (χ4v) is 3.50. The first kappa shape index (κ1) is 19.9. The van der Waals surface area contributed by atoms with Crippen LogP contribution in [0.3, 0.4) is 0 Å². The minimum absolute atomic E-state index is 0.0111. The maximum Gasteiger partial charge on any atom is 0.239 e. The number of hydrogen-bond donors (Lipinski definition) is 0. The number of nitrogens with zero attached hydrogens (tertiary/aromatic N) is 2. The van der Waals surface area contributed by atoms with Gasteiger partial charge in [-0.15, -0.1) is 5.73 Å². The van der Waals surface area contributed by atoms with Crippen molar-refractivity contribution in [2.75, 3.05) is 0 Å². The van der Waals surface area contributed by atoms with E-state index in [1.165, 1.54) is 11.1 Å². The lowest BCUT2D eigenvalue weighted by Gasteiger charge is -2.21. The van der Waals surface area contributed by atoms with E-state index in [1.54, 1.807) is 11.9 Å². The van der Waals surface area contributed by atoms with Crippen LogP contribution in [-0.4, -0.2) is 22.7 Å². The van der Waals surface area contributed by atoms with Gasteiger partial charge in [0.15, 0.2) is 0 Å².